The fourth-order valence-electron chi connectivity index (χ4n) is 2.52. The van der Waals surface area contributed by atoms with Crippen molar-refractivity contribution in [3.63, 3.8) is 0 Å². The Balaban J connectivity index is 1.76. The van der Waals surface area contributed by atoms with E-state index in [9.17, 15) is 0 Å². The number of ether oxygens (including phenoxy) is 1. The maximum Gasteiger partial charge on any atom is 0.0518 e. The lowest BCUT2D eigenvalue weighted by molar-refractivity contribution is 0.184. The number of alkyl halides is 1. The number of allylic oxidation sites excluding steroid dienone is 2. The number of rotatable bonds is 3. The summed E-state index contributed by atoms with van der Waals surface area (Å²) in [6.45, 7) is 1.96. The standard InChI is InChI=1S/C13H21ClO/c14-13-4-2-1-3-11(9-13)5-6-12-7-8-15-10-12/h9,12-13H,1-8,10H2. The molecule has 0 amide bonds. The van der Waals surface area contributed by atoms with Crippen molar-refractivity contribution >= 4 is 11.6 Å². The van der Waals surface area contributed by atoms with Gasteiger partial charge in [0.1, 0.15) is 0 Å². The average molecular weight is 229 g/mol. The van der Waals surface area contributed by atoms with Crippen molar-refractivity contribution in [3.05, 3.63) is 11.6 Å². The van der Waals surface area contributed by atoms with Gasteiger partial charge in [-0.3, -0.25) is 0 Å². The van der Waals surface area contributed by atoms with Gasteiger partial charge in [-0.1, -0.05) is 18.1 Å². The highest BCUT2D eigenvalue weighted by Gasteiger charge is 2.16. The quantitative estimate of drug-likeness (QED) is 0.526. The van der Waals surface area contributed by atoms with Gasteiger partial charge in [0, 0.05) is 13.2 Å². The van der Waals surface area contributed by atoms with E-state index in [1.807, 2.05) is 0 Å². The van der Waals surface area contributed by atoms with Gasteiger partial charge in [0.15, 0.2) is 0 Å². The minimum Gasteiger partial charge on any atom is -0.381 e. The predicted octanol–water partition coefficient (Wildman–Crippen LogP) is 3.91. The van der Waals surface area contributed by atoms with Crippen LogP contribution in [0.15, 0.2) is 11.6 Å². The molecular formula is C13H21ClO. The maximum absolute atomic E-state index is 6.21. The third kappa shape index (κ3) is 3.81. The summed E-state index contributed by atoms with van der Waals surface area (Å²) in [5, 5.41) is 0.294. The molecule has 1 fully saturated rings. The van der Waals surface area contributed by atoms with Crippen LogP contribution in [0.2, 0.25) is 0 Å². The lowest BCUT2D eigenvalue weighted by Gasteiger charge is -2.09. The van der Waals surface area contributed by atoms with E-state index in [-0.39, 0.29) is 0 Å². The molecule has 0 aromatic rings. The fraction of sp³-hybridized carbons (Fsp3) is 0.846. The second-order valence-electron chi connectivity index (χ2n) is 4.85. The van der Waals surface area contributed by atoms with Crippen molar-refractivity contribution in [2.24, 2.45) is 5.92 Å². The molecule has 1 aliphatic heterocycles. The number of hydrogen-bond donors (Lipinski definition) is 0. The van der Waals surface area contributed by atoms with Crippen LogP contribution in [-0.2, 0) is 4.74 Å². The monoisotopic (exact) mass is 228 g/mol. The summed E-state index contributed by atoms with van der Waals surface area (Å²) in [5.74, 6) is 0.808. The van der Waals surface area contributed by atoms with Crippen molar-refractivity contribution in [1.82, 2.24) is 0 Å². The number of halogens is 1. The van der Waals surface area contributed by atoms with Crippen molar-refractivity contribution < 1.29 is 4.74 Å². The summed E-state index contributed by atoms with van der Waals surface area (Å²) >= 11 is 6.21. The van der Waals surface area contributed by atoms with Gasteiger partial charge in [-0.15, -0.1) is 11.6 Å². The second kappa shape index (κ2) is 5.91. The summed E-state index contributed by atoms with van der Waals surface area (Å²) in [5.41, 5.74) is 1.60. The summed E-state index contributed by atoms with van der Waals surface area (Å²) in [7, 11) is 0. The van der Waals surface area contributed by atoms with Gasteiger partial charge in [-0.05, 0) is 44.4 Å². The molecule has 0 bridgehead atoms. The van der Waals surface area contributed by atoms with Gasteiger partial charge >= 0.3 is 0 Å². The van der Waals surface area contributed by atoms with Crippen LogP contribution in [-0.4, -0.2) is 18.6 Å². The highest BCUT2D eigenvalue weighted by molar-refractivity contribution is 6.21. The first-order valence-corrected chi connectivity index (χ1v) is 6.69. The molecule has 2 unspecified atom stereocenters. The summed E-state index contributed by atoms with van der Waals surface area (Å²) < 4.78 is 5.40. The molecular weight excluding hydrogens is 208 g/mol. The Morgan fingerprint density at radius 1 is 1.33 bits per heavy atom. The molecule has 1 saturated heterocycles. The van der Waals surface area contributed by atoms with Crippen molar-refractivity contribution in [2.45, 2.75) is 50.3 Å². The van der Waals surface area contributed by atoms with Crippen LogP contribution < -0.4 is 0 Å². The van der Waals surface area contributed by atoms with Gasteiger partial charge in [0.25, 0.3) is 0 Å². The van der Waals surface area contributed by atoms with Crippen LogP contribution in [0, 0.1) is 5.92 Å². The molecule has 0 aromatic carbocycles. The first kappa shape index (κ1) is 11.5. The molecule has 1 aliphatic carbocycles. The van der Waals surface area contributed by atoms with Crippen LogP contribution in [0.3, 0.4) is 0 Å². The molecule has 0 saturated carbocycles. The SMILES string of the molecule is ClC1C=C(CCC2CCOC2)CCCC1. The molecule has 0 N–H and O–H groups in total. The van der Waals surface area contributed by atoms with Crippen molar-refractivity contribution in [3.8, 4) is 0 Å². The average Bonchev–Trinajstić information content (AvgIpc) is 2.65. The van der Waals surface area contributed by atoms with E-state index in [0.717, 1.165) is 25.6 Å². The molecule has 86 valence electrons. The van der Waals surface area contributed by atoms with Gasteiger partial charge in [0.2, 0.25) is 0 Å². The van der Waals surface area contributed by atoms with Crippen LogP contribution >= 0.6 is 11.6 Å². The highest BCUT2D eigenvalue weighted by Crippen LogP contribution is 2.27. The molecule has 2 atom stereocenters. The Bertz CT molecular complexity index is 219. The van der Waals surface area contributed by atoms with Crippen LogP contribution in [0.5, 0.6) is 0 Å². The van der Waals surface area contributed by atoms with Crippen LogP contribution in [0.1, 0.15) is 44.9 Å². The van der Waals surface area contributed by atoms with E-state index in [1.165, 1.54) is 38.5 Å². The highest BCUT2D eigenvalue weighted by atomic mass is 35.5. The van der Waals surface area contributed by atoms with E-state index in [4.69, 9.17) is 16.3 Å². The first-order valence-electron chi connectivity index (χ1n) is 6.26. The second-order valence-corrected chi connectivity index (χ2v) is 5.42. The summed E-state index contributed by atoms with van der Waals surface area (Å²) in [6.07, 6.45) is 11.2. The minimum absolute atomic E-state index is 0.294. The molecule has 0 aromatic heterocycles. The van der Waals surface area contributed by atoms with Crippen molar-refractivity contribution in [2.75, 3.05) is 13.2 Å². The summed E-state index contributed by atoms with van der Waals surface area (Å²) in [6, 6.07) is 0. The van der Waals surface area contributed by atoms with E-state index in [0.29, 0.717) is 5.38 Å². The molecule has 0 radical (unpaired) electrons. The molecule has 1 heterocycles. The van der Waals surface area contributed by atoms with Gasteiger partial charge < -0.3 is 4.74 Å². The fourth-order valence-corrected chi connectivity index (χ4v) is 2.86. The Kier molecular flexibility index (Phi) is 4.52. The van der Waals surface area contributed by atoms with Gasteiger partial charge in [-0.25, -0.2) is 0 Å². The zero-order valence-corrected chi connectivity index (χ0v) is 10.1. The minimum atomic E-state index is 0.294. The zero-order chi connectivity index (χ0) is 10.5. The molecule has 2 rings (SSSR count). The lowest BCUT2D eigenvalue weighted by atomic mass is 9.97. The molecule has 0 spiro atoms. The van der Waals surface area contributed by atoms with E-state index < -0.39 is 0 Å². The smallest absolute Gasteiger partial charge is 0.0518 e. The molecule has 15 heavy (non-hydrogen) atoms. The lowest BCUT2D eigenvalue weighted by Crippen LogP contribution is -2.00. The predicted molar refractivity (Wildman–Crippen MR) is 64.4 cm³/mol. The third-order valence-corrected chi connectivity index (χ3v) is 3.89. The van der Waals surface area contributed by atoms with Crippen LogP contribution in [0.4, 0.5) is 0 Å². The first-order chi connectivity index (χ1) is 7.34. The Hall–Kier alpha value is -0.0100. The molecule has 1 nitrogen and oxygen atoms in total. The third-order valence-electron chi connectivity index (χ3n) is 3.54. The largest absolute Gasteiger partial charge is 0.381 e. The van der Waals surface area contributed by atoms with Gasteiger partial charge in [0.05, 0.1) is 5.38 Å². The summed E-state index contributed by atoms with van der Waals surface area (Å²) in [4.78, 5) is 0. The molecule has 2 heteroatoms. The van der Waals surface area contributed by atoms with Gasteiger partial charge in [-0.2, -0.15) is 0 Å². The Labute approximate surface area is 97.8 Å². The normalized spacial score (nSPS) is 32.5. The topological polar surface area (TPSA) is 9.23 Å². The Morgan fingerprint density at radius 3 is 3.07 bits per heavy atom. The van der Waals surface area contributed by atoms with E-state index >= 15 is 0 Å². The number of hydrogen-bond acceptors (Lipinski definition) is 1. The van der Waals surface area contributed by atoms with Crippen LogP contribution in [0.25, 0.3) is 0 Å². The van der Waals surface area contributed by atoms with E-state index in [1.54, 1.807) is 5.57 Å². The Morgan fingerprint density at radius 2 is 2.27 bits per heavy atom. The van der Waals surface area contributed by atoms with E-state index in [2.05, 4.69) is 6.08 Å². The van der Waals surface area contributed by atoms with Crippen molar-refractivity contribution in [1.29, 1.82) is 0 Å². The zero-order valence-electron chi connectivity index (χ0n) is 9.38. The maximum atomic E-state index is 6.21. The molecule has 2 aliphatic rings.